The Morgan fingerprint density at radius 3 is 2.34 bits per heavy atom. The summed E-state index contributed by atoms with van der Waals surface area (Å²) in [6.07, 6.45) is 1.01. The first-order chi connectivity index (χ1) is 13.6. The van der Waals surface area contributed by atoms with Gasteiger partial charge in [-0.2, -0.15) is 0 Å². The lowest BCUT2D eigenvalue weighted by Crippen LogP contribution is -2.48. The third-order valence-corrected chi connectivity index (χ3v) is 5.67. The third-order valence-electron chi connectivity index (χ3n) is 3.95. The minimum absolute atomic E-state index is 0.183. The van der Waals surface area contributed by atoms with Crippen LogP contribution in [0.3, 0.4) is 0 Å². The average Bonchev–Trinajstić information content (AvgIpc) is 2.65. The zero-order valence-electron chi connectivity index (χ0n) is 16.2. The number of halogens is 2. The Morgan fingerprint density at radius 1 is 1.14 bits per heavy atom. The van der Waals surface area contributed by atoms with E-state index in [0.717, 1.165) is 10.6 Å². The first kappa shape index (κ1) is 23.1. The highest BCUT2D eigenvalue weighted by Crippen LogP contribution is 2.34. The van der Waals surface area contributed by atoms with Gasteiger partial charge < -0.3 is 14.8 Å². The van der Waals surface area contributed by atoms with Crippen LogP contribution in [-0.2, 0) is 14.8 Å². The molecule has 0 aliphatic carbocycles. The van der Waals surface area contributed by atoms with Crippen LogP contribution >= 0.6 is 23.2 Å². The third kappa shape index (κ3) is 6.42. The predicted octanol–water partition coefficient (Wildman–Crippen LogP) is 3.35. The zero-order valence-corrected chi connectivity index (χ0v) is 18.5. The van der Waals surface area contributed by atoms with E-state index in [-0.39, 0.29) is 24.6 Å². The number of ether oxygens (including phenoxy) is 2. The lowest BCUT2D eigenvalue weighted by Gasteiger charge is -2.29. The monoisotopic (exact) mass is 460 g/mol. The first-order valence-electron chi connectivity index (χ1n) is 8.62. The summed E-state index contributed by atoms with van der Waals surface area (Å²) in [6, 6.07) is 10.3. The number of hydrogen-bond donors (Lipinski definition) is 1. The van der Waals surface area contributed by atoms with E-state index in [1.165, 1.54) is 20.1 Å². The SMILES string of the molecule is COc1ccc(Cl)cc1N(C(C)C(=O)NCCOc1ccc(Cl)cc1)S(C)(=O)=O. The van der Waals surface area contributed by atoms with Crippen LogP contribution in [0, 0.1) is 0 Å². The smallest absolute Gasteiger partial charge is 0.243 e. The molecule has 0 bridgehead atoms. The van der Waals surface area contributed by atoms with Crippen LogP contribution in [-0.4, -0.2) is 46.9 Å². The van der Waals surface area contributed by atoms with E-state index >= 15 is 0 Å². The predicted molar refractivity (Wildman–Crippen MR) is 115 cm³/mol. The number of carbonyl (C=O) groups is 1. The lowest BCUT2D eigenvalue weighted by atomic mass is 10.2. The average molecular weight is 461 g/mol. The molecule has 0 fully saturated rings. The number of hydrogen-bond acceptors (Lipinski definition) is 5. The van der Waals surface area contributed by atoms with Crippen LogP contribution < -0.4 is 19.1 Å². The molecular formula is C19H22Cl2N2O5S. The standard InChI is InChI=1S/C19H22Cl2N2O5S/c1-13(19(24)22-10-11-28-16-7-4-14(20)5-8-16)23(29(3,25)26)17-12-15(21)6-9-18(17)27-2/h4-9,12-13H,10-11H2,1-3H3,(H,22,24). The van der Waals surface area contributed by atoms with Crippen molar-refractivity contribution in [3.05, 3.63) is 52.5 Å². The minimum atomic E-state index is -3.80. The number of rotatable bonds is 9. The van der Waals surface area contributed by atoms with E-state index < -0.39 is 22.0 Å². The van der Waals surface area contributed by atoms with Gasteiger partial charge in [0.2, 0.25) is 15.9 Å². The van der Waals surface area contributed by atoms with E-state index in [2.05, 4.69) is 5.32 Å². The van der Waals surface area contributed by atoms with Crippen molar-refractivity contribution < 1.29 is 22.7 Å². The molecule has 1 amide bonds. The fourth-order valence-corrected chi connectivity index (χ4v) is 4.10. The van der Waals surface area contributed by atoms with E-state index in [9.17, 15) is 13.2 Å². The van der Waals surface area contributed by atoms with Crippen LogP contribution in [0.5, 0.6) is 11.5 Å². The van der Waals surface area contributed by atoms with Crippen LogP contribution in [0.1, 0.15) is 6.92 Å². The van der Waals surface area contributed by atoms with Crippen molar-refractivity contribution in [3.63, 3.8) is 0 Å². The van der Waals surface area contributed by atoms with Crippen molar-refractivity contribution in [3.8, 4) is 11.5 Å². The molecule has 2 rings (SSSR count). The Kier molecular flexibility index (Phi) is 8.01. The van der Waals surface area contributed by atoms with Crippen molar-refractivity contribution in [1.82, 2.24) is 5.32 Å². The maximum atomic E-state index is 12.6. The van der Waals surface area contributed by atoms with Crippen LogP contribution in [0.15, 0.2) is 42.5 Å². The molecule has 2 aromatic rings. The highest BCUT2D eigenvalue weighted by Gasteiger charge is 2.31. The Labute approximate surface area is 180 Å². The van der Waals surface area contributed by atoms with Crippen LogP contribution in [0.25, 0.3) is 0 Å². The second-order valence-corrected chi connectivity index (χ2v) is 8.88. The molecule has 1 atom stereocenters. The molecule has 0 aliphatic heterocycles. The summed E-state index contributed by atoms with van der Waals surface area (Å²) in [5, 5.41) is 3.58. The summed E-state index contributed by atoms with van der Waals surface area (Å²) >= 11 is 11.8. The number of nitrogens with zero attached hydrogens (tertiary/aromatic N) is 1. The molecule has 0 saturated carbocycles. The maximum Gasteiger partial charge on any atom is 0.243 e. The number of nitrogens with one attached hydrogen (secondary N) is 1. The lowest BCUT2D eigenvalue weighted by molar-refractivity contribution is -0.121. The summed E-state index contributed by atoms with van der Waals surface area (Å²) < 4.78 is 36.6. The van der Waals surface area contributed by atoms with Gasteiger partial charge in [0.15, 0.2) is 0 Å². The van der Waals surface area contributed by atoms with Crippen molar-refractivity contribution in [2.45, 2.75) is 13.0 Å². The molecule has 0 heterocycles. The number of methoxy groups -OCH3 is 1. The van der Waals surface area contributed by atoms with Gasteiger partial charge in [0.05, 0.1) is 25.6 Å². The van der Waals surface area contributed by atoms with Gasteiger partial charge >= 0.3 is 0 Å². The molecule has 0 aliphatic rings. The van der Waals surface area contributed by atoms with Gasteiger partial charge in [-0.25, -0.2) is 8.42 Å². The number of anilines is 1. The van der Waals surface area contributed by atoms with E-state index in [1.54, 1.807) is 36.4 Å². The molecule has 1 N–H and O–H groups in total. The van der Waals surface area contributed by atoms with Crippen molar-refractivity contribution in [1.29, 1.82) is 0 Å². The number of amides is 1. The molecule has 10 heteroatoms. The summed E-state index contributed by atoms with van der Waals surface area (Å²) in [6.45, 7) is 1.88. The highest BCUT2D eigenvalue weighted by molar-refractivity contribution is 7.92. The quantitative estimate of drug-likeness (QED) is 0.579. The van der Waals surface area contributed by atoms with Crippen molar-refractivity contribution in [2.75, 3.05) is 30.8 Å². The molecule has 158 valence electrons. The summed E-state index contributed by atoms with van der Waals surface area (Å²) in [7, 11) is -2.39. The normalized spacial score (nSPS) is 12.2. The van der Waals surface area contributed by atoms with Gasteiger partial charge in [0.1, 0.15) is 24.1 Å². The molecule has 0 saturated heterocycles. The summed E-state index contributed by atoms with van der Waals surface area (Å²) in [5.41, 5.74) is 0.183. The van der Waals surface area contributed by atoms with E-state index in [1.807, 2.05) is 0 Å². The molecule has 7 nitrogen and oxygen atoms in total. The van der Waals surface area contributed by atoms with Gasteiger partial charge in [0.25, 0.3) is 0 Å². The largest absolute Gasteiger partial charge is 0.495 e. The van der Waals surface area contributed by atoms with Crippen LogP contribution in [0.2, 0.25) is 10.0 Å². The molecule has 2 aromatic carbocycles. The molecule has 0 spiro atoms. The second-order valence-electron chi connectivity index (χ2n) is 6.14. The molecular weight excluding hydrogens is 439 g/mol. The van der Waals surface area contributed by atoms with Gasteiger partial charge in [-0.05, 0) is 49.4 Å². The maximum absolute atomic E-state index is 12.6. The van der Waals surface area contributed by atoms with Gasteiger partial charge in [-0.15, -0.1) is 0 Å². The minimum Gasteiger partial charge on any atom is -0.495 e. The molecule has 29 heavy (non-hydrogen) atoms. The number of sulfonamides is 1. The van der Waals surface area contributed by atoms with Gasteiger partial charge in [0, 0.05) is 10.0 Å². The van der Waals surface area contributed by atoms with Crippen molar-refractivity contribution in [2.24, 2.45) is 0 Å². The highest BCUT2D eigenvalue weighted by atomic mass is 35.5. The van der Waals surface area contributed by atoms with Gasteiger partial charge in [-0.1, -0.05) is 23.2 Å². The molecule has 0 radical (unpaired) electrons. The number of carbonyl (C=O) groups excluding carboxylic acids is 1. The summed E-state index contributed by atoms with van der Waals surface area (Å²) in [5.74, 6) is 0.404. The van der Waals surface area contributed by atoms with Crippen LogP contribution in [0.4, 0.5) is 5.69 Å². The first-order valence-corrected chi connectivity index (χ1v) is 11.2. The van der Waals surface area contributed by atoms with Crippen molar-refractivity contribution >= 4 is 44.8 Å². The zero-order chi connectivity index (χ0) is 21.6. The Hall–Kier alpha value is -2.16. The van der Waals surface area contributed by atoms with E-state index in [0.29, 0.717) is 15.8 Å². The number of benzene rings is 2. The van der Waals surface area contributed by atoms with E-state index in [4.69, 9.17) is 32.7 Å². The second kappa shape index (κ2) is 10.0. The topological polar surface area (TPSA) is 84.9 Å². The summed E-state index contributed by atoms with van der Waals surface area (Å²) in [4.78, 5) is 12.6. The fourth-order valence-electron chi connectivity index (χ4n) is 2.64. The fraction of sp³-hybridized carbons (Fsp3) is 0.316. The van der Waals surface area contributed by atoms with Gasteiger partial charge in [-0.3, -0.25) is 9.10 Å². The Balaban J connectivity index is 2.07. The Morgan fingerprint density at radius 2 is 1.76 bits per heavy atom. The molecule has 0 aromatic heterocycles. The Bertz CT molecular complexity index is 952. The molecule has 1 unspecified atom stereocenters.